The molecule has 0 radical (unpaired) electrons. The summed E-state index contributed by atoms with van der Waals surface area (Å²) in [6.07, 6.45) is 0.0474. The summed E-state index contributed by atoms with van der Waals surface area (Å²) in [6, 6.07) is 14.2. The Morgan fingerprint density at radius 1 is 1.12 bits per heavy atom. The summed E-state index contributed by atoms with van der Waals surface area (Å²) in [5.41, 5.74) is 2.08. The fourth-order valence-electron chi connectivity index (χ4n) is 3.89. The number of hydrogen-bond donors (Lipinski definition) is 1. The molecular weight excluding hydrogens is 407 g/mol. The standard InChI is InChI=1S/C25H29FN4O2/c1-25(2,3)28-24-23(17-9-11-19(32-4)12-10-17)27-21-16-29(13-14-30(21)24)22(31)15-18-7-5-6-8-20(18)26/h5-12,28H,13-16H2,1-4H3. The molecule has 1 N–H and O–H groups in total. The van der Waals surface area contributed by atoms with Gasteiger partial charge in [0, 0.05) is 24.2 Å². The molecule has 0 fully saturated rings. The molecule has 0 bridgehead atoms. The summed E-state index contributed by atoms with van der Waals surface area (Å²) in [6.45, 7) is 7.90. The largest absolute Gasteiger partial charge is 0.497 e. The van der Waals surface area contributed by atoms with Gasteiger partial charge in [-0.3, -0.25) is 4.79 Å². The number of rotatable bonds is 5. The fraction of sp³-hybridized carbons (Fsp3) is 0.360. The number of anilines is 1. The normalized spacial score (nSPS) is 13.6. The molecule has 0 saturated carbocycles. The van der Waals surface area contributed by atoms with E-state index in [-0.39, 0.29) is 23.7 Å². The second-order valence-electron chi connectivity index (χ2n) is 9.06. The molecule has 4 rings (SSSR count). The lowest BCUT2D eigenvalue weighted by atomic mass is 10.1. The van der Waals surface area contributed by atoms with Crippen molar-refractivity contribution >= 4 is 11.7 Å². The van der Waals surface area contributed by atoms with Crippen LogP contribution < -0.4 is 10.1 Å². The highest BCUT2D eigenvalue weighted by Gasteiger charge is 2.28. The van der Waals surface area contributed by atoms with E-state index in [4.69, 9.17) is 9.72 Å². The molecule has 0 saturated heterocycles. The van der Waals surface area contributed by atoms with Crippen LogP contribution in [0.1, 0.15) is 32.2 Å². The Morgan fingerprint density at radius 3 is 2.50 bits per heavy atom. The van der Waals surface area contributed by atoms with Crippen molar-refractivity contribution < 1.29 is 13.9 Å². The van der Waals surface area contributed by atoms with Gasteiger partial charge in [-0.1, -0.05) is 18.2 Å². The summed E-state index contributed by atoms with van der Waals surface area (Å²) >= 11 is 0. The number of ether oxygens (including phenoxy) is 1. The third-order valence-electron chi connectivity index (χ3n) is 5.48. The van der Waals surface area contributed by atoms with Crippen LogP contribution >= 0.6 is 0 Å². The van der Waals surface area contributed by atoms with E-state index in [9.17, 15) is 9.18 Å². The van der Waals surface area contributed by atoms with E-state index in [2.05, 4.69) is 30.7 Å². The third-order valence-corrected chi connectivity index (χ3v) is 5.48. The highest BCUT2D eigenvalue weighted by molar-refractivity contribution is 5.79. The van der Waals surface area contributed by atoms with Crippen LogP contribution in [0.4, 0.5) is 10.2 Å². The van der Waals surface area contributed by atoms with Gasteiger partial charge in [0.2, 0.25) is 5.91 Å². The number of nitrogens with one attached hydrogen (secondary N) is 1. The van der Waals surface area contributed by atoms with Crippen molar-refractivity contribution in [3.05, 3.63) is 65.7 Å². The Balaban J connectivity index is 1.63. The number of hydrogen-bond acceptors (Lipinski definition) is 4. The van der Waals surface area contributed by atoms with Gasteiger partial charge in [-0.05, 0) is 56.7 Å². The maximum atomic E-state index is 14.0. The van der Waals surface area contributed by atoms with Crippen molar-refractivity contribution in [2.45, 2.75) is 45.8 Å². The molecule has 1 aromatic heterocycles. The monoisotopic (exact) mass is 436 g/mol. The Morgan fingerprint density at radius 2 is 1.84 bits per heavy atom. The Bertz CT molecular complexity index is 1120. The number of methoxy groups -OCH3 is 1. The molecule has 0 atom stereocenters. The van der Waals surface area contributed by atoms with Gasteiger partial charge in [0.05, 0.1) is 20.1 Å². The van der Waals surface area contributed by atoms with Gasteiger partial charge in [0.1, 0.15) is 28.9 Å². The molecule has 168 valence electrons. The van der Waals surface area contributed by atoms with Gasteiger partial charge in [-0.15, -0.1) is 0 Å². The minimum absolute atomic E-state index is 0.0474. The molecule has 0 unspecified atom stereocenters. The lowest BCUT2D eigenvalue weighted by Gasteiger charge is -2.30. The second-order valence-corrected chi connectivity index (χ2v) is 9.06. The molecule has 1 aliphatic heterocycles. The zero-order valence-corrected chi connectivity index (χ0v) is 19.0. The maximum Gasteiger partial charge on any atom is 0.227 e. The topological polar surface area (TPSA) is 59.4 Å². The van der Waals surface area contributed by atoms with Crippen LogP contribution in [0.2, 0.25) is 0 Å². The van der Waals surface area contributed by atoms with Crippen LogP contribution in [0.5, 0.6) is 5.75 Å². The van der Waals surface area contributed by atoms with Crippen LogP contribution in [-0.4, -0.2) is 39.6 Å². The minimum Gasteiger partial charge on any atom is -0.497 e. The van der Waals surface area contributed by atoms with E-state index in [0.29, 0.717) is 25.2 Å². The summed E-state index contributed by atoms with van der Waals surface area (Å²) in [5.74, 6) is 2.10. The van der Waals surface area contributed by atoms with Crippen molar-refractivity contribution in [2.75, 3.05) is 19.0 Å². The predicted octanol–water partition coefficient (Wildman–Crippen LogP) is 4.49. The smallest absolute Gasteiger partial charge is 0.227 e. The molecule has 0 aliphatic carbocycles. The van der Waals surface area contributed by atoms with Crippen molar-refractivity contribution in [3.63, 3.8) is 0 Å². The minimum atomic E-state index is -0.349. The lowest BCUT2D eigenvalue weighted by Crippen LogP contribution is -2.40. The molecule has 6 nitrogen and oxygen atoms in total. The predicted molar refractivity (Wildman–Crippen MR) is 123 cm³/mol. The zero-order valence-electron chi connectivity index (χ0n) is 19.0. The van der Waals surface area contributed by atoms with Crippen LogP contribution in [0, 0.1) is 5.82 Å². The van der Waals surface area contributed by atoms with Crippen molar-refractivity contribution in [2.24, 2.45) is 0 Å². The first kappa shape index (κ1) is 21.9. The average Bonchev–Trinajstić information content (AvgIpc) is 3.11. The van der Waals surface area contributed by atoms with E-state index < -0.39 is 0 Å². The molecule has 1 aliphatic rings. The third kappa shape index (κ3) is 4.61. The quantitative estimate of drug-likeness (QED) is 0.640. The van der Waals surface area contributed by atoms with Crippen molar-refractivity contribution in [1.29, 1.82) is 0 Å². The summed E-state index contributed by atoms with van der Waals surface area (Å²) in [7, 11) is 1.64. The highest BCUT2D eigenvalue weighted by atomic mass is 19.1. The molecule has 2 heterocycles. The average molecular weight is 437 g/mol. The van der Waals surface area contributed by atoms with Crippen molar-refractivity contribution in [3.8, 4) is 17.0 Å². The second kappa shape index (κ2) is 8.65. The van der Waals surface area contributed by atoms with Crippen LogP contribution in [0.15, 0.2) is 48.5 Å². The highest BCUT2D eigenvalue weighted by Crippen LogP contribution is 2.33. The summed E-state index contributed by atoms with van der Waals surface area (Å²) < 4.78 is 21.4. The molecule has 3 aromatic rings. The summed E-state index contributed by atoms with van der Waals surface area (Å²) in [4.78, 5) is 19.6. The van der Waals surface area contributed by atoms with Crippen LogP contribution in [-0.2, 0) is 24.3 Å². The van der Waals surface area contributed by atoms with Gasteiger partial charge < -0.3 is 19.5 Å². The van der Waals surface area contributed by atoms with Gasteiger partial charge in [0.15, 0.2) is 0 Å². The number of benzene rings is 2. The fourth-order valence-corrected chi connectivity index (χ4v) is 3.89. The zero-order chi connectivity index (χ0) is 22.9. The number of imidazole rings is 1. The number of carbonyl (C=O) groups excluding carboxylic acids is 1. The first-order valence-corrected chi connectivity index (χ1v) is 10.8. The van der Waals surface area contributed by atoms with E-state index in [1.165, 1.54) is 6.07 Å². The molecular formula is C25H29FN4O2. The lowest BCUT2D eigenvalue weighted by molar-refractivity contribution is -0.132. The molecule has 1 amide bonds. The maximum absolute atomic E-state index is 14.0. The van der Waals surface area contributed by atoms with E-state index in [1.807, 2.05) is 24.3 Å². The molecule has 2 aromatic carbocycles. The Kier molecular flexibility index (Phi) is 5.91. The number of aromatic nitrogens is 2. The summed E-state index contributed by atoms with van der Waals surface area (Å²) in [5, 5.41) is 3.59. The Hall–Kier alpha value is -3.35. The van der Waals surface area contributed by atoms with Crippen LogP contribution in [0.3, 0.4) is 0 Å². The van der Waals surface area contributed by atoms with E-state index in [0.717, 1.165) is 28.6 Å². The molecule has 32 heavy (non-hydrogen) atoms. The number of halogens is 1. The van der Waals surface area contributed by atoms with Gasteiger partial charge >= 0.3 is 0 Å². The molecule has 0 spiro atoms. The first-order valence-electron chi connectivity index (χ1n) is 10.8. The first-order chi connectivity index (χ1) is 15.2. The van der Waals surface area contributed by atoms with Crippen LogP contribution in [0.25, 0.3) is 11.3 Å². The number of nitrogens with zero attached hydrogens (tertiary/aromatic N) is 3. The van der Waals surface area contributed by atoms with Gasteiger partial charge in [-0.2, -0.15) is 0 Å². The molecule has 7 heteroatoms. The number of carbonyl (C=O) groups is 1. The Labute approximate surface area is 188 Å². The van der Waals surface area contributed by atoms with Crippen molar-refractivity contribution in [1.82, 2.24) is 14.5 Å². The van der Waals surface area contributed by atoms with E-state index in [1.54, 1.807) is 30.2 Å². The van der Waals surface area contributed by atoms with Gasteiger partial charge in [-0.25, -0.2) is 9.37 Å². The van der Waals surface area contributed by atoms with Gasteiger partial charge in [0.25, 0.3) is 0 Å². The SMILES string of the molecule is COc1ccc(-c2nc3n(c2NC(C)(C)C)CCN(C(=O)Cc2ccccc2F)C3)cc1. The number of amides is 1. The van der Waals surface area contributed by atoms with E-state index >= 15 is 0 Å². The number of fused-ring (bicyclic) bond motifs is 1.